The maximum absolute atomic E-state index is 3.86. The fourth-order valence-corrected chi connectivity index (χ4v) is 4.91. The van der Waals surface area contributed by atoms with Crippen molar-refractivity contribution in [2.75, 3.05) is 13.1 Å². The number of hydrogen-bond acceptors (Lipinski definition) is 2. The molecule has 5 unspecified atom stereocenters. The molecule has 1 heterocycles. The second-order valence-corrected chi connectivity index (χ2v) is 7.24. The van der Waals surface area contributed by atoms with Gasteiger partial charge in [0, 0.05) is 24.7 Å². The van der Waals surface area contributed by atoms with Gasteiger partial charge in [0.2, 0.25) is 0 Å². The first-order valence-electron chi connectivity index (χ1n) is 8.80. The molecular weight excluding hydrogens is 232 g/mol. The van der Waals surface area contributed by atoms with Crippen molar-refractivity contribution >= 4 is 0 Å². The first kappa shape index (κ1) is 13.9. The summed E-state index contributed by atoms with van der Waals surface area (Å²) in [6, 6.07) is 2.57. The lowest BCUT2D eigenvalue weighted by Gasteiger charge is -2.45. The molecule has 3 aliphatic rings. The van der Waals surface area contributed by atoms with Gasteiger partial charge in [-0.15, -0.1) is 0 Å². The first-order chi connectivity index (χ1) is 9.31. The molecule has 0 aromatic rings. The van der Waals surface area contributed by atoms with Gasteiger partial charge in [0.15, 0.2) is 0 Å². The molecule has 1 N–H and O–H groups in total. The molecule has 5 atom stereocenters. The molecule has 2 nitrogen and oxygen atoms in total. The maximum Gasteiger partial charge on any atom is 0.0255 e. The van der Waals surface area contributed by atoms with Crippen molar-refractivity contribution in [3.8, 4) is 0 Å². The number of rotatable bonds is 5. The van der Waals surface area contributed by atoms with Crippen molar-refractivity contribution in [3.63, 3.8) is 0 Å². The van der Waals surface area contributed by atoms with Crippen LogP contribution in [0, 0.1) is 11.8 Å². The number of piperidine rings is 1. The third-order valence-corrected chi connectivity index (χ3v) is 6.04. The van der Waals surface area contributed by atoms with Gasteiger partial charge in [0.05, 0.1) is 0 Å². The Morgan fingerprint density at radius 2 is 1.95 bits per heavy atom. The predicted molar refractivity (Wildman–Crippen MR) is 81.3 cm³/mol. The van der Waals surface area contributed by atoms with Gasteiger partial charge in [0.25, 0.3) is 0 Å². The van der Waals surface area contributed by atoms with Crippen LogP contribution in [-0.2, 0) is 0 Å². The molecule has 0 amide bonds. The minimum absolute atomic E-state index is 0.780. The molecule has 2 heteroatoms. The number of nitrogens with zero attached hydrogens (tertiary/aromatic N) is 1. The summed E-state index contributed by atoms with van der Waals surface area (Å²) in [6.07, 6.45) is 11.5. The Labute approximate surface area is 119 Å². The van der Waals surface area contributed by atoms with Crippen LogP contribution >= 0.6 is 0 Å². The van der Waals surface area contributed by atoms with E-state index in [4.69, 9.17) is 0 Å². The normalized spacial score (nSPS) is 42.9. The van der Waals surface area contributed by atoms with Crippen molar-refractivity contribution in [1.29, 1.82) is 0 Å². The van der Waals surface area contributed by atoms with Crippen LogP contribution in [0.1, 0.15) is 65.2 Å². The van der Waals surface area contributed by atoms with Crippen molar-refractivity contribution in [3.05, 3.63) is 0 Å². The van der Waals surface area contributed by atoms with Crippen LogP contribution in [0.4, 0.5) is 0 Å². The molecule has 2 saturated carbocycles. The summed E-state index contributed by atoms with van der Waals surface area (Å²) in [6.45, 7) is 7.30. The van der Waals surface area contributed by atoms with Gasteiger partial charge >= 0.3 is 0 Å². The number of fused-ring (bicyclic) bond motifs is 2. The van der Waals surface area contributed by atoms with Crippen molar-refractivity contribution in [2.45, 2.75) is 83.3 Å². The minimum atomic E-state index is 0.780. The molecule has 2 aliphatic carbocycles. The summed E-state index contributed by atoms with van der Waals surface area (Å²) in [5.74, 6) is 2.03. The molecule has 1 saturated heterocycles. The topological polar surface area (TPSA) is 15.3 Å². The Hall–Kier alpha value is -0.0800. The third kappa shape index (κ3) is 2.85. The molecule has 0 aromatic carbocycles. The van der Waals surface area contributed by atoms with Gasteiger partial charge in [-0.05, 0) is 63.3 Å². The van der Waals surface area contributed by atoms with Crippen LogP contribution in [-0.4, -0.2) is 36.1 Å². The van der Waals surface area contributed by atoms with Gasteiger partial charge in [-0.25, -0.2) is 0 Å². The summed E-state index contributed by atoms with van der Waals surface area (Å²) < 4.78 is 0. The van der Waals surface area contributed by atoms with Crippen molar-refractivity contribution in [1.82, 2.24) is 10.2 Å². The average molecular weight is 264 g/mol. The van der Waals surface area contributed by atoms with Crippen LogP contribution < -0.4 is 5.32 Å². The molecule has 0 aromatic heterocycles. The largest absolute Gasteiger partial charge is 0.312 e. The molecule has 1 aliphatic heterocycles. The van der Waals surface area contributed by atoms with Crippen LogP contribution in [0.15, 0.2) is 0 Å². The van der Waals surface area contributed by atoms with E-state index in [-0.39, 0.29) is 0 Å². The first-order valence-corrected chi connectivity index (χ1v) is 8.80. The second kappa shape index (κ2) is 6.13. The average Bonchev–Trinajstić information content (AvgIpc) is 3.07. The van der Waals surface area contributed by atoms with E-state index in [1.807, 2.05) is 0 Å². The van der Waals surface area contributed by atoms with Gasteiger partial charge in [-0.3, -0.25) is 4.90 Å². The van der Waals surface area contributed by atoms with Crippen molar-refractivity contribution in [2.24, 2.45) is 11.8 Å². The number of hydrogen-bond donors (Lipinski definition) is 1. The van der Waals surface area contributed by atoms with Gasteiger partial charge in [0.1, 0.15) is 0 Å². The maximum atomic E-state index is 3.86. The summed E-state index contributed by atoms with van der Waals surface area (Å²) in [5.41, 5.74) is 0. The lowest BCUT2D eigenvalue weighted by molar-refractivity contribution is 0.0695. The Balaban J connectivity index is 1.66. The molecule has 0 radical (unpaired) electrons. The van der Waals surface area contributed by atoms with Crippen molar-refractivity contribution < 1.29 is 0 Å². The summed E-state index contributed by atoms with van der Waals surface area (Å²) in [5, 5.41) is 3.86. The van der Waals surface area contributed by atoms with E-state index in [0.29, 0.717) is 0 Å². The molecule has 110 valence electrons. The SMILES string of the molecule is CCCNC1CCC(CC)CC1N1CC2CCC1C2. The van der Waals surface area contributed by atoms with Crippen LogP contribution in [0.25, 0.3) is 0 Å². The van der Waals surface area contributed by atoms with E-state index in [0.717, 1.165) is 30.0 Å². The highest BCUT2D eigenvalue weighted by atomic mass is 15.2. The third-order valence-electron chi connectivity index (χ3n) is 6.04. The highest BCUT2D eigenvalue weighted by molar-refractivity contribution is 5.00. The van der Waals surface area contributed by atoms with Crippen LogP contribution in [0.3, 0.4) is 0 Å². The van der Waals surface area contributed by atoms with Gasteiger partial charge in [-0.1, -0.05) is 20.3 Å². The highest BCUT2D eigenvalue weighted by Crippen LogP contribution is 2.42. The lowest BCUT2D eigenvalue weighted by Crippen LogP contribution is -2.55. The van der Waals surface area contributed by atoms with Crippen LogP contribution in [0.5, 0.6) is 0 Å². The zero-order chi connectivity index (χ0) is 13.2. The molecule has 3 rings (SSSR count). The molecule has 19 heavy (non-hydrogen) atoms. The number of nitrogens with one attached hydrogen (secondary N) is 1. The molecular formula is C17H32N2. The number of likely N-dealkylation sites (tertiary alicyclic amines) is 1. The van der Waals surface area contributed by atoms with Gasteiger partial charge in [-0.2, -0.15) is 0 Å². The quantitative estimate of drug-likeness (QED) is 0.818. The molecule has 3 fully saturated rings. The highest BCUT2D eigenvalue weighted by Gasteiger charge is 2.44. The van der Waals surface area contributed by atoms with Crippen LogP contribution in [0.2, 0.25) is 0 Å². The standard InChI is InChI=1S/C17H32N2/c1-3-9-18-16-8-6-13(4-2)11-17(16)19-12-14-5-7-15(19)10-14/h13-18H,3-12H2,1-2H3. The lowest BCUT2D eigenvalue weighted by atomic mass is 9.79. The van der Waals surface area contributed by atoms with E-state index in [2.05, 4.69) is 24.1 Å². The Morgan fingerprint density at radius 1 is 1.05 bits per heavy atom. The van der Waals surface area contributed by atoms with E-state index >= 15 is 0 Å². The Kier molecular flexibility index (Phi) is 4.48. The summed E-state index contributed by atoms with van der Waals surface area (Å²) >= 11 is 0. The fourth-order valence-electron chi connectivity index (χ4n) is 4.91. The Bertz CT molecular complexity index is 291. The molecule has 0 spiro atoms. The zero-order valence-electron chi connectivity index (χ0n) is 12.9. The monoisotopic (exact) mass is 264 g/mol. The smallest absolute Gasteiger partial charge is 0.0255 e. The zero-order valence-corrected chi connectivity index (χ0v) is 12.9. The predicted octanol–water partition coefficient (Wildman–Crippen LogP) is 3.42. The Morgan fingerprint density at radius 3 is 2.58 bits per heavy atom. The summed E-state index contributed by atoms with van der Waals surface area (Å²) in [7, 11) is 0. The second-order valence-electron chi connectivity index (χ2n) is 7.24. The summed E-state index contributed by atoms with van der Waals surface area (Å²) in [4.78, 5) is 2.92. The van der Waals surface area contributed by atoms with Gasteiger partial charge < -0.3 is 5.32 Å². The minimum Gasteiger partial charge on any atom is -0.312 e. The van der Waals surface area contributed by atoms with E-state index in [1.54, 1.807) is 0 Å². The van der Waals surface area contributed by atoms with E-state index in [9.17, 15) is 0 Å². The fraction of sp³-hybridized carbons (Fsp3) is 1.00. The van der Waals surface area contributed by atoms with E-state index in [1.165, 1.54) is 64.5 Å². The van der Waals surface area contributed by atoms with E-state index < -0.39 is 0 Å². The molecule has 2 bridgehead atoms.